The van der Waals surface area contributed by atoms with Crippen LogP contribution in [0.1, 0.15) is 28.8 Å². The number of carbonyl (C=O) groups is 1. The van der Waals surface area contributed by atoms with Crippen molar-refractivity contribution in [2.45, 2.75) is 20.4 Å². The standard InChI is InChI=1S/C14H15ClN4O/c1-3-19(9-11-6-4-5-10(2)16-11)14(20)12-7-8-13(15)18-17-12/h4-8H,3,9H2,1-2H3. The van der Waals surface area contributed by atoms with Crippen LogP contribution in [-0.2, 0) is 6.54 Å². The van der Waals surface area contributed by atoms with Crippen LogP contribution in [0.25, 0.3) is 0 Å². The van der Waals surface area contributed by atoms with E-state index in [1.54, 1.807) is 17.0 Å². The number of hydrogen-bond acceptors (Lipinski definition) is 4. The molecule has 1 amide bonds. The van der Waals surface area contributed by atoms with Crippen molar-refractivity contribution in [3.63, 3.8) is 0 Å². The monoisotopic (exact) mass is 290 g/mol. The van der Waals surface area contributed by atoms with E-state index >= 15 is 0 Å². The number of hydrogen-bond donors (Lipinski definition) is 0. The molecule has 0 N–H and O–H groups in total. The molecule has 0 saturated carbocycles. The zero-order valence-corrected chi connectivity index (χ0v) is 12.1. The van der Waals surface area contributed by atoms with E-state index in [-0.39, 0.29) is 16.8 Å². The minimum atomic E-state index is -0.181. The summed E-state index contributed by atoms with van der Waals surface area (Å²) >= 11 is 5.67. The summed E-state index contributed by atoms with van der Waals surface area (Å²) in [4.78, 5) is 18.4. The van der Waals surface area contributed by atoms with Crippen molar-refractivity contribution in [1.82, 2.24) is 20.1 Å². The smallest absolute Gasteiger partial charge is 0.274 e. The Balaban J connectivity index is 2.15. The number of nitrogens with zero attached hydrogens (tertiary/aromatic N) is 4. The quantitative estimate of drug-likeness (QED) is 0.868. The maximum absolute atomic E-state index is 12.3. The molecule has 0 aliphatic rings. The third-order valence-electron chi connectivity index (χ3n) is 2.82. The van der Waals surface area contributed by atoms with Crippen LogP contribution >= 0.6 is 11.6 Å². The van der Waals surface area contributed by atoms with Gasteiger partial charge < -0.3 is 4.90 Å². The molecular weight excluding hydrogens is 276 g/mol. The molecule has 0 spiro atoms. The van der Waals surface area contributed by atoms with Gasteiger partial charge in [0, 0.05) is 12.2 Å². The SMILES string of the molecule is CCN(Cc1cccc(C)n1)C(=O)c1ccc(Cl)nn1. The molecular formula is C14H15ClN4O. The van der Waals surface area contributed by atoms with Gasteiger partial charge in [-0.05, 0) is 38.1 Å². The number of pyridine rings is 1. The van der Waals surface area contributed by atoms with Gasteiger partial charge in [-0.2, -0.15) is 0 Å². The van der Waals surface area contributed by atoms with Crippen LogP contribution in [0.3, 0.4) is 0 Å². The lowest BCUT2D eigenvalue weighted by Gasteiger charge is -2.19. The van der Waals surface area contributed by atoms with Gasteiger partial charge in [0.25, 0.3) is 5.91 Å². The van der Waals surface area contributed by atoms with Crippen molar-refractivity contribution in [3.8, 4) is 0 Å². The molecule has 0 aromatic carbocycles. The Bertz CT molecular complexity index is 600. The van der Waals surface area contributed by atoms with Crippen molar-refractivity contribution in [1.29, 1.82) is 0 Å². The van der Waals surface area contributed by atoms with Gasteiger partial charge in [-0.25, -0.2) is 0 Å². The fraction of sp³-hybridized carbons (Fsp3) is 0.286. The van der Waals surface area contributed by atoms with Crippen molar-refractivity contribution in [2.24, 2.45) is 0 Å². The largest absolute Gasteiger partial charge is 0.332 e. The molecule has 2 aromatic heterocycles. The van der Waals surface area contributed by atoms with Crippen molar-refractivity contribution < 1.29 is 4.79 Å². The average molecular weight is 291 g/mol. The zero-order chi connectivity index (χ0) is 14.5. The lowest BCUT2D eigenvalue weighted by Crippen LogP contribution is -2.31. The summed E-state index contributed by atoms with van der Waals surface area (Å²) < 4.78 is 0. The summed E-state index contributed by atoms with van der Waals surface area (Å²) in [6, 6.07) is 8.88. The molecule has 0 fully saturated rings. The van der Waals surface area contributed by atoms with E-state index in [0.29, 0.717) is 13.1 Å². The molecule has 104 valence electrons. The first-order valence-corrected chi connectivity index (χ1v) is 6.69. The van der Waals surface area contributed by atoms with Crippen LogP contribution in [0.2, 0.25) is 5.15 Å². The highest BCUT2D eigenvalue weighted by atomic mass is 35.5. The average Bonchev–Trinajstić information content (AvgIpc) is 2.45. The highest BCUT2D eigenvalue weighted by Gasteiger charge is 2.16. The Kier molecular flexibility index (Phi) is 4.63. The van der Waals surface area contributed by atoms with Crippen LogP contribution in [0.15, 0.2) is 30.3 Å². The van der Waals surface area contributed by atoms with Crippen molar-refractivity contribution >= 4 is 17.5 Å². The second-order valence-corrected chi connectivity index (χ2v) is 4.72. The number of rotatable bonds is 4. The van der Waals surface area contributed by atoms with E-state index in [9.17, 15) is 4.79 Å². The van der Waals surface area contributed by atoms with Crippen LogP contribution in [-0.4, -0.2) is 32.5 Å². The van der Waals surface area contributed by atoms with Gasteiger partial charge in [0.15, 0.2) is 10.8 Å². The van der Waals surface area contributed by atoms with Crippen LogP contribution < -0.4 is 0 Å². The molecule has 0 aliphatic heterocycles. The second kappa shape index (κ2) is 6.43. The first-order valence-electron chi connectivity index (χ1n) is 6.31. The lowest BCUT2D eigenvalue weighted by molar-refractivity contribution is 0.0743. The summed E-state index contributed by atoms with van der Waals surface area (Å²) in [5.41, 5.74) is 2.06. The minimum absolute atomic E-state index is 0.181. The number of carbonyl (C=O) groups excluding carboxylic acids is 1. The van der Waals surface area contributed by atoms with Gasteiger partial charge >= 0.3 is 0 Å². The number of aromatic nitrogens is 3. The number of amides is 1. The van der Waals surface area contributed by atoms with Crippen molar-refractivity contribution in [3.05, 3.63) is 52.6 Å². The van der Waals surface area contributed by atoms with E-state index in [1.807, 2.05) is 32.0 Å². The normalized spacial score (nSPS) is 10.3. The van der Waals surface area contributed by atoms with Crippen LogP contribution in [0.5, 0.6) is 0 Å². The Morgan fingerprint density at radius 2 is 2.05 bits per heavy atom. The molecule has 0 unspecified atom stereocenters. The van der Waals surface area contributed by atoms with Crippen LogP contribution in [0.4, 0.5) is 0 Å². The van der Waals surface area contributed by atoms with Gasteiger partial charge in [-0.15, -0.1) is 10.2 Å². The summed E-state index contributed by atoms with van der Waals surface area (Å²) in [6.07, 6.45) is 0. The topological polar surface area (TPSA) is 59.0 Å². The number of aryl methyl sites for hydroxylation is 1. The van der Waals surface area contributed by atoms with Crippen molar-refractivity contribution in [2.75, 3.05) is 6.54 Å². The molecule has 0 bridgehead atoms. The van der Waals surface area contributed by atoms with Gasteiger partial charge in [0.2, 0.25) is 0 Å². The highest BCUT2D eigenvalue weighted by Crippen LogP contribution is 2.09. The van der Waals surface area contributed by atoms with Gasteiger partial charge in [0.05, 0.1) is 12.2 Å². The fourth-order valence-corrected chi connectivity index (χ4v) is 1.90. The second-order valence-electron chi connectivity index (χ2n) is 4.33. The highest BCUT2D eigenvalue weighted by molar-refractivity contribution is 6.29. The van der Waals surface area contributed by atoms with Gasteiger partial charge in [0.1, 0.15) is 0 Å². The van der Waals surface area contributed by atoms with E-state index in [1.165, 1.54) is 0 Å². The molecule has 0 aliphatic carbocycles. The van der Waals surface area contributed by atoms with E-state index in [4.69, 9.17) is 11.6 Å². The summed E-state index contributed by atoms with van der Waals surface area (Å²) in [5, 5.41) is 7.77. The van der Waals surface area contributed by atoms with Gasteiger partial charge in [-0.1, -0.05) is 17.7 Å². The first-order chi connectivity index (χ1) is 9.60. The number of halogens is 1. The molecule has 2 heterocycles. The molecule has 5 nitrogen and oxygen atoms in total. The summed E-state index contributed by atoms with van der Waals surface area (Å²) in [7, 11) is 0. The Labute approximate surface area is 122 Å². The maximum atomic E-state index is 12.3. The van der Waals surface area contributed by atoms with Gasteiger partial charge in [-0.3, -0.25) is 9.78 Å². The molecule has 0 saturated heterocycles. The fourth-order valence-electron chi connectivity index (χ4n) is 1.80. The molecule has 2 aromatic rings. The Hall–Kier alpha value is -2.01. The van der Waals surface area contributed by atoms with E-state index in [2.05, 4.69) is 15.2 Å². The third kappa shape index (κ3) is 3.51. The molecule has 0 atom stereocenters. The first kappa shape index (κ1) is 14.4. The summed E-state index contributed by atoms with van der Waals surface area (Å²) in [5.74, 6) is -0.181. The molecule has 2 rings (SSSR count). The molecule has 0 radical (unpaired) electrons. The molecule has 20 heavy (non-hydrogen) atoms. The van der Waals surface area contributed by atoms with E-state index in [0.717, 1.165) is 11.4 Å². The molecule has 6 heteroatoms. The maximum Gasteiger partial charge on any atom is 0.274 e. The third-order valence-corrected chi connectivity index (χ3v) is 3.02. The summed E-state index contributed by atoms with van der Waals surface area (Å²) in [6.45, 7) is 4.85. The van der Waals surface area contributed by atoms with Crippen LogP contribution in [0, 0.1) is 6.92 Å². The Morgan fingerprint density at radius 3 is 2.65 bits per heavy atom. The van der Waals surface area contributed by atoms with E-state index < -0.39 is 0 Å². The Morgan fingerprint density at radius 1 is 1.25 bits per heavy atom. The zero-order valence-electron chi connectivity index (χ0n) is 11.4. The lowest BCUT2D eigenvalue weighted by atomic mass is 10.2. The minimum Gasteiger partial charge on any atom is -0.332 e. The predicted octanol–water partition coefficient (Wildman–Crippen LogP) is 2.50. The predicted molar refractivity (Wildman–Crippen MR) is 76.4 cm³/mol.